The van der Waals surface area contributed by atoms with Crippen molar-refractivity contribution in [2.45, 2.75) is 19.1 Å². The number of hydrogen-bond acceptors (Lipinski definition) is 10. The van der Waals surface area contributed by atoms with Crippen molar-refractivity contribution in [3.63, 3.8) is 0 Å². The average Bonchev–Trinajstić information content (AvgIpc) is 3.07. The minimum Gasteiger partial charge on any atom is -0.469 e. The van der Waals surface area contributed by atoms with Gasteiger partial charge in [-0.2, -0.15) is 0 Å². The molecule has 0 aromatic heterocycles. The summed E-state index contributed by atoms with van der Waals surface area (Å²) in [6, 6.07) is 0. The molecule has 1 aliphatic heterocycles. The lowest BCUT2D eigenvalue weighted by Gasteiger charge is -2.26. The minimum absolute atomic E-state index is 0.125. The molecule has 0 spiro atoms. The Morgan fingerprint density at radius 2 is 2.07 bits per heavy atom. The van der Waals surface area contributed by atoms with Gasteiger partial charge in [0.15, 0.2) is 0 Å². The van der Waals surface area contributed by atoms with Gasteiger partial charge in [-0.25, -0.2) is 0 Å². The van der Waals surface area contributed by atoms with Gasteiger partial charge < -0.3 is 30.4 Å². The molecule has 0 radical (unpaired) electrons. The summed E-state index contributed by atoms with van der Waals surface area (Å²) < 4.78 is 9.45. The van der Waals surface area contributed by atoms with Crippen LogP contribution in [0.1, 0.15) is 12.8 Å². The van der Waals surface area contributed by atoms with Crippen LogP contribution in [-0.2, 0) is 23.9 Å². The van der Waals surface area contributed by atoms with Gasteiger partial charge in [-0.3, -0.25) is 19.4 Å². The number of carbonyl (C=O) groups is 3. The van der Waals surface area contributed by atoms with Crippen LogP contribution in [0.25, 0.3) is 0 Å². The van der Waals surface area contributed by atoms with Crippen molar-refractivity contribution in [3.05, 3.63) is 0 Å². The third kappa shape index (κ3) is 8.19. The number of aliphatic hydroxyl groups excluding tert-OH is 1. The predicted octanol–water partition coefficient (Wildman–Crippen LogP) is -1.97. The number of aldehydes is 1. The summed E-state index contributed by atoms with van der Waals surface area (Å²) in [4.78, 5) is 37.9. The van der Waals surface area contributed by atoms with Crippen molar-refractivity contribution < 1.29 is 29.0 Å². The molecular formula is C18H34N4O6. The topological polar surface area (TPSA) is 134 Å². The lowest BCUT2D eigenvalue weighted by Crippen LogP contribution is -2.43. The average molecular weight is 402 g/mol. The van der Waals surface area contributed by atoms with E-state index in [1.165, 1.54) is 14.2 Å². The van der Waals surface area contributed by atoms with Gasteiger partial charge in [0, 0.05) is 65.2 Å². The normalized spacial score (nSPS) is 20.9. The number of nitrogens with two attached hydrogens (primary N) is 1. The number of nitrogens with zero attached hydrogens (tertiary/aromatic N) is 2. The number of ether oxygens (including phenoxy) is 2. The highest BCUT2D eigenvalue weighted by molar-refractivity contribution is 5.75. The maximum Gasteiger partial charge on any atom is 0.310 e. The second-order valence-electron chi connectivity index (χ2n) is 6.89. The molecule has 1 heterocycles. The van der Waals surface area contributed by atoms with Crippen LogP contribution < -0.4 is 11.1 Å². The highest BCUT2D eigenvalue weighted by atomic mass is 16.5. The van der Waals surface area contributed by atoms with E-state index in [0.717, 1.165) is 0 Å². The molecule has 2 unspecified atom stereocenters. The lowest BCUT2D eigenvalue weighted by molar-refractivity contribution is -0.146. The van der Waals surface area contributed by atoms with Gasteiger partial charge in [0.1, 0.15) is 12.5 Å². The van der Waals surface area contributed by atoms with Gasteiger partial charge in [-0.1, -0.05) is 0 Å². The number of rotatable bonds is 14. The second-order valence-corrected chi connectivity index (χ2v) is 6.89. The van der Waals surface area contributed by atoms with E-state index >= 15 is 0 Å². The predicted molar refractivity (Wildman–Crippen MR) is 102 cm³/mol. The molecule has 1 aliphatic rings. The maximum atomic E-state index is 11.6. The van der Waals surface area contributed by atoms with Crippen molar-refractivity contribution in [3.8, 4) is 0 Å². The smallest absolute Gasteiger partial charge is 0.310 e. The molecule has 1 fully saturated rings. The van der Waals surface area contributed by atoms with Crippen molar-refractivity contribution >= 4 is 18.2 Å². The van der Waals surface area contributed by atoms with Gasteiger partial charge in [0.25, 0.3) is 0 Å². The molecule has 0 aromatic rings. The Labute approximate surface area is 166 Å². The zero-order chi connectivity index (χ0) is 20.9. The first-order valence-corrected chi connectivity index (χ1v) is 9.61. The fourth-order valence-corrected chi connectivity index (χ4v) is 3.31. The van der Waals surface area contributed by atoms with E-state index in [1.807, 2.05) is 4.90 Å². The molecule has 1 rings (SSSR count). The summed E-state index contributed by atoms with van der Waals surface area (Å²) in [5, 5.41) is 13.3. The van der Waals surface area contributed by atoms with Crippen molar-refractivity contribution in [1.82, 2.24) is 15.1 Å². The first-order chi connectivity index (χ1) is 13.5. The second kappa shape index (κ2) is 13.6. The van der Waals surface area contributed by atoms with Crippen LogP contribution >= 0.6 is 0 Å². The van der Waals surface area contributed by atoms with Crippen molar-refractivity contribution in [2.24, 2.45) is 17.6 Å². The zero-order valence-corrected chi connectivity index (χ0v) is 16.8. The molecule has 0 aliphatic carbocycles. The first kappa shape index (κ1) is 24.4. The number of likely N-dealkylation sites (tertiary alicyclic amines) is 1. The summed E-state index contributed by atoms with van der Waals surface area (Å²) in [7, 11) is 2.66. The number of carbonyl (C=O) groups excluding carboxylic acids is 3. The molecular weight excluding hydrogens is 368 g/mol. The van der Waals surface area contributed by atoms with Crippen LogP contribution in [0.5, 0.6) is 0 Å². The molecule has 0 bridgehead atoms. The quantitative estimate of drug-likeness (QED) is 0.171. The van der Waals surface area contributed by atoms with Crippen molar-refractivity contribution in [1.29, 1.82) is 0 Å². The van der Waals surface area contributed by atoms with Gasteiger partial charge in [-0.05, 0) is 0 Å². The number of nitrogens with one attached hydrogen (secondary N) is 1. The lowest BCUT2D eigenvalue weighted by atomic mass is 10.1. The van der Waals surface area contributed by atoms with Gasteiger partial charge in [0.05, 0.1) is 26.1 Å². The Morgan fingerprint density at radius 3 is 2.68 bits per heavy atom. The van der Waals surface area contributed by atoms with Gasteiger partial charge in [-0.15, -0.1) is 0 Å². The number of esters is 2. The van der Waals surface area contributed by atoms with E-state index in [-0.39, 0.29) is 18.3 Å². The monoisotopic (exact) mass is 402 g/mol. The summed E-state index contributed by atoms with van der Waals surface area (Å²) in [6.45, 7) is 4.69. The molecule has 0 amide bonds. The van der Waals surface area contributed by atoms with Crippen LogP contribution in [0.2, 0.25) is 0 Å². The standard InChI is InChI=1S/C18H34N4O6/c1-27-17(25)14(3-10-23)12-20-5-7-21(6-4-19)8-9-22-13-15(11-16(22)24)18(26)28-2/h10,14-16,20,24H,3-9,11-13,19H2,1-2H3/t14?,15?,16-/m0/s1. The minimum atomic E-state index is -0.647. The highest BCUT2D eigenvalue weighted by Crippen LogP contribution is 2.22. The molecule has 10 heteroatoms. The fraction of sp³-hybridized carbons (Fsp3) is 0.833. The van der Waals surface area contributed by atoms with E-state index in [9.17, 15) is 19.5 Å². The third-order valence-corrected chi connectivity index (χ3v) is 4.97. The molecule has 10 nitrogen and oxygen atoms in total. The van der Waals surface area contributed by atoms with Crippen molar-refractivity contribution in [2.75, 3.05) is 66.6 Å². The molecule has 162 valence electrons. The van der Waals surface area contributed by atoms with E-state index in [4.69, 9.17) is 15.2 Å². The van der Waals surface area contributed by atoms with Crippen LogP contribution in [0.15, 0.2) is 0 Å². The zero-order valence-electron chi connectivity index (χ0n) is 16.8. The molecule has 28 heavy (non-hydrogen) atoms. The van der Waals surface area contributed by atoms with E-state index < -0.39 is 18.1 Å². The summed E-state index contributed by atoms with van der Waals surface area (Å²) in [5.41, 5.74) is 5.68. The molecule has 3 atom stereocenters. The first-order valence-electron chi connectivity index (χ1n) is 9.61. The summed E-state index contributed by atoms with van der Waals surface area (Å²) in [5.74, 6) is -1.47. The Balaban J connectivity index is 2.37. The van der Waals surface area contributed by atoms with Crippen LogP contribution in [0.3, 0.4) is 0 Å². The number of hydrogen-bond donors (Lipinski definition) is 3. The molecule has 0 saturated carbocycles. The third-order valence-electron chi connectivity index (χ3n) is 4.97. The number of methoxy groups -OCH3 is 2. The van der Waals surface area contributed by atoms with Crippen LogP contribution in [0, 0.1) is 11.8 Å². The Hall–Kier alpha value is -1.59. The summed E-state index contributed by atoms with van der Waals surface area (Å²) in [6.07, 6.45) is 0.579. The SMILES string of the molecule is COC(=O)C(CC=O)CNCCN(CCN)CCN1CC(C(=O)OC)C[C@@H]1O. The summed E-state index contributed by atoms with van der Waals surface area (Å²) >= 11 is 0. The van der Waals surface area contributed by atoms with Gasteiger partial charge >= 0.3 is 11.9 Å². The van der Waals surface area contributed by atoms with Gasteiger partial charge in [0.2, 0.25) is 0 Å². The van der Waals surface area contributed by atoms with Crippen LogP contribution in [-0.4, -0.2) is 106 Å². The van der Waals surface area contributed by atoms with E-state index in [2.05, 4.69) is 10.2 Å². The van der Waals surface area contributed by atoms with Crippen LogP contribution in [0.4, 0.5) is 0 Å². The maximum absolute atomic E-state index is 11.6. The largest absolute Gasteiger partial charge is 0.469 e. The van der Waals surface area contributed by atoms with E-state index in [1.54, 1.807) is 0 Å². The Morgan fingerprint density at radius 1 is 1.32 bits per heavy atom. The Bertz CT molecular complexity index is 493. The number of aliphatic hydroxyl groups is 1. The molecule has 1 saturated heterocycles. The van der Waals surface area contributed by atoms with E-state index in [0.29, 0.717) is 65.1 Å². The molecule has 4 N–H and O–H groups in total. The molecule has 0 aromatic carbocycles. The highest BCUT2D eigenvalue weighted by Gasteiger charge is 2.35. The fourth-order valence-electron chi connectivity index (χ4n) is 3.31. The Kier molecular flexibility index (Phi) is 11.8.